The summed E-state index contributed by atoms with van der Waals surface area (Å²) in [6.45, 7) is 12.6. The average Bonchev–Trinajstić information content (AvgIpc) is 1.33. The van der Waals surface area contributed by atoms with E-state index in [1.54, 1.807) is 14.2 Å². The number of carbonyl (C=O) groups excluding carboxylic acids is 4. The highest BCUT2D eigenvalue weighted by Crippen LogP contribution is 2.51. The van der Waals surface area contributed by atoms with Crippen LogP contribution in [0.5, 0.6) is 11.5 Å². The number of ether oxygens (including phenoxy) is 7. The topological polar surface area (TPSA) is 247 Å². The van der Waals surface area contributed by atoms with E-state index in [2.05, 4.69) is 43.8 Å². The number of nitrogens with zero attached hydrogens (tertiary/aromatic N) is 8. The van der Waals surface area contributed by atoms with Crippen molar-refractivity contribution in [3.63, 3.8) is 0 Å². The number of carbonyl (C=O) groups is 4. The number of nitrogens with one attached hydrogen (secondary N) is 1. The smallest absolute Gasteiger partial charge is 0.333 e. The van der Waals surface area contributed by atoms with Gasteiger partial charge in [0.05, 0.1) is 93.5 Å². The molecule has 0 saturated carbocycles. The van der Waals surface area contributed by atoms with E-state index in [-0.39, 0.29) is 76.8 Å². The van der Waals surface area contributed by atoms with Gasteiger partial charge in [0.1, 0.15) is 29.4 Å². The Hall–Kier alpha value is -6.62. The van der Waals surface area contributed by atoms with E-state index in [0.717, 1.165) is 16.7 Å². The molecule has 2 aliphatic heterocycles. The third kappa shape index (κ3) is 21.2. The number of nitriles is 1. The summed E-state index contributed by atoms with van der Waals surface area (Å²) in [5.41, 5.74) is 0.274. The fraction of sp³-hybridized carbons (Fsp3) is 0.578. The Balaban J connectivity index is 1.15. The van der Waals surface area contributed by atoms with Gasteiger partial charge >= 0.3 is 23.6 Å². The van der Waals surface area contributed by atoms with Gasteiger partial charge in [-0.3, -0.25) is 52.7 Å². The molecule has 2 fully saturated rings. The predicted octanol–water partition coefficient (Wildman–Crippen LogP) is 5.40. The standard InChI is InChI=1S/C64H92N9O15P/c1-48(2)73(49(3)4)89(86-41-17-29-65)88-55-42-59(87-56(55)47-85-64(50-18-13-12-14-19-50,51-20-24-53(80-5)25-21-51)52-22-26-54(81-6)27-23-52)72-32-28-58(75)71(63(72)79)31-16-11-10-15-30-66-57(74)43-67-33-35-68(44-60(76)82-7)37-39-70(46-62(78)84-9)40-38-69(36-34-67)45-61(77)83-8/h12-14,18-28,32,48-49,55-56,59H,10-11,15-17,30-31,33-47H2,1-9H3,(H,66,74)/t55-,56-,59-,89?/m1/s1. The largest absolute Gasteiger partial charge is 0.497 e. The van der Waals surface area contributed by atoms with Crippen LogP contribution in [0.2, 0.25) is 0 Å². The second-order valence-corrected chi connectivity index (χ2v) is 23.9. The number of methoxy groups -OCH3 is 5. The number of unbranched alkanes of at least 4 members (excludes halogenated alkanes) is 3. The Labute approximate surface area is 524 Å². The summed E-state index contributed by atoms with van der Waals surface area (Å²) in [6, 6.07) is 28.9. The molecule has 24 nitrogen and oxygen atoms in total. The molecule has 4 atom stereocenters. The Morgan fingerprint density at radius 3 is 1.62 bits per heavy atom. The minimum absolute atomic E-state index is 0.00117. The van der Waals surface area contributed by atoms with Crippen LogP contribution in [-0.4, -0.2) is 215 Å². The maximum absolute atomic E-state index is 14.6. The third-order valence-electron chi connectivity index (χ3n) is 15.8. The Morgan fingerprint density at radius 2 is 1.15 bits per heavy atom. The van der Waals surface area contributed by atoms with Gasteiger partial charge in [0.15, 0.2) is 0 Å². The van der Waals surface area contributed by atoms with Gasteiger partial charge in [-0.15, -0.1) is 0 Å². The number of amides is 1. The highest BCUT2D eigenvalue weighted by atomic mass is 31.2. The molecule has 4 aromatic rings. The number of esters is 3. The second kappa shape index (κ2) is 36.9. The lowest BCUT2D eigenvalue weighted by atomic mass is 9.80. The lowest BCUT2D eigenvalue weighted by Crippen LogP contribution is -2.50. The average molecular weight is 1260 g/mol. The summed E-state index contributed by atoms with van der Waals surface area (Å²) < 4.78 is 58.6. The first-order chi connectivity index (χ1) is 43.0. The van der Waals surface area contributed by atoms with Crippen LogP contribution in [0.15, 0.2) is 101 Å². The molecule has 1 unspecified atom stereocenters. The molecule has 0 radical (unpaired) electrons. The molecule has 1 aromatic heterocycles. The van der Waals surface area contributed by atoms with Crippen molar-refractivity contribution in [1.82, 2.24) is 38.7 Å². The zero-order chi connectivity index (χ0) is 64.3. The third-order valence-corrected chi connectivity index (χ3v) is 17.9. The summed E-state index contributed by atoms with van der Waals surface area (Å²) in [4.78, 5) is 86.5. The molecular formula is C64H92N9O15P. The van der Waals surface area contributed by atoms with Crippen LogP contribution in [-0.2, 0) is 64.1 Å². The van der Waals surface area contributed by atoms with E-state index >= 15 is 0 Å². The van der Waals surface area contributed by atoms with Gasteiger partial charge < -0.3 is 47.5 Å². The van der Waals surface area contributed by atoms with Crippen molar-refractivity contribution in [2.75, 3.05) is 134 Å². The van der Waals surface area contributed by atoms with Crippen molar-refractivity contribution in [3.8, 4) is 17.6 Å². The van der Waals surface area contributed by atoms with Crippen molar-refractivity contribution in [2.24, 2.45) is 0 Å². The van der Waals surface area contributed by atoms with Gasteiger partial charge in [0.25, 0.3) is 14.1 Å². The Morgan fingerprint density at radius 1 is 0.663 bits per heavy atom. The molecule has 488 valence electrons. The lowest BCUT2D eigenvalue weighted by molar-refractivity contribution is -0.144. The Kier molecular flexibility index (Phi) is 29.6. The minimum atomic E-state index is -1.77. The number of hydrogen-bond acceptors (Lipinski definition) is 21. The predicted molar refractivity (Wildman–Crippen MR) is 335 cm³/mol. The van der Waals surface area contributed by atoms with Crippen LogP contribution in [0.3, 0.4) is 0 Å². The van der Waals surface area contributed by atoms with Crippen molar-refractivity contribution in [1.29, 1.82) is 5.26 Å². The van der Waals surface area contributed by atoms with Crippen molar-refractivity contribution >= 4 is 32.3 Å². The summed E-state index contributed by atoms with van der Waals surface area (Å²) in [5, 5.41) is 12.6. The summed E-state index contributed by atoms with van der Waals surface area (Å²) in [5.74, 6) is -0.0488. The van der Waals surface area contributed by atoms with E-state index in [0.29, 0.717) is 96.1 Å². The maximum Gasteiger partial charge on any atom is 0.333 e. The van der Waals surface area contributed by atoms with Crippen molar-refractivity contribution in [2.45, 2.75) is 109 Å². The van der Waals surface area contributed by atoms with Crippen LogP contribution < -0.4 is 26.0 Å². The normalized spacial score (nSPS) is 18.0. The fourth-order valence-electron chi connectivity index (χ4n) is 11.0. The van der Waals surface area contributed by atoms with Crippen molar-refractivity contribution < 1.29 is 61.4 Å². The molecular weight excluding hydrogens is 1170 g/mol. The van der Waals surface area contributed by atoms with Crippen LogP contribution in [0.4, 0.5) is 0 Å². The SMILES string of the molecule is COC(=O)CN1CCN(CC(=O)NCCCCCCn2c(=O)ccn([C@H]3C[C@@H](OP(OCCC#N)N(C(C)C)C(C)C)[C@@H](COC(c4ccccc4)(c4ccc(OC)cc4)c4ccc(OC)cc4)O3)c2=O)CCN(CC(=O)OC)CCN(CC(=O)OC)CC1. The van der Waals surface area contributed by atoms with Gasteiger partial charge in [-0.1, -0.05) is 67.4 Å². The molecule has 0 bridgehead atoms. The first-order valence-corrected chi connectivity index (χ1v) is 31.7. The molecule has 2 saturated heterocycles. The number of benzene rings is 3. The van der Waals surface area contributed by atoms with Gasteiger partial charge in [-0.2, -0.15) is 5.26 Å². The highest BCUT2D eigenvalue weighted by Gasteiger charge is 2.45. The highest BCUT2D eigenvalue weighted by molar-refractivity contribution is 7.44. The van der Waals surface area contributed by atoms with Crippen LogP contribution in [0, 0.1) is 11.3 Å². The number of rotatable bonds is 32. The van der Waals surface area contributed by atoms with Gasteiger partial charge in [-0.25, -0.2) is 9.46 Å². The molecule has 1 N–H and O–H groups in total. The summed E-state index contributed by atoms with van der Waals surface area (Å²) in [7, 11) is 5.45. The fourth-order valence-corrected chi connectivity index (χ4v) is 12.7. The zero-order valence-corrected chi connectivity index (χ0v) is 54.1. The van der Waals surface area contributed by atoms with E-state index in [4.69, 9.17) is 42.2 Å². The Bertz CT molecular complexity index is 2890. The summed E-state index contributed by atoms with van der Waals surface area (Å²) >= 11 is 0. The molecule has 6 rings (SSSR count). The maximum atomic E-state index is 14.6. The first kappa shape index (κ1) is 71.5. The molecule has 2 aliphatic rings. The molecule has 89 heavy (non-hydrogen) atoms. The van der Waals surface area contributed by atoms with Gasteiger partial charge in [-0.05, 0) is 81.5 Å². The monoisotopic (exact) mass is 1260 g/mol. The molecule has 3 aromatic carbocycles. The minimum Gasteiger partial charge on any atom is -0.497 e. The number of aromatic nitrogens is 2. The van der Waals surface area contributed by atoms with E-state index < -0.39 is 61.7 Å². The first-order valence-electron chi connectivity index (χ1n) is 30.5. The molecule has 0 spiro atoms. The molecule has 0 aliphatic carbocycles. The molecule has 3 heterocycles. The summed E-state index contributed by atoms with van der Waals surface area (Å²) in [6.07, 6.45) is 2.02. The molecule has 1 amide bonds. The van der Waals surface area contributed by atoms with E-state index in [9.17, 15) is 34.0 Å². The lowest BCUT2D eigenvalue weighted by Gasteiger charge is -2.39. The van der Waals surface area contributed by atoms with E-state index in [1.165, 1.54) is 42.7 Å². The molecule has 25 heteroatoms. The van der Waals surface area contributed by atoms with E-state index in [1.807, 2.05) is 98.5 Å². The van der Waals surface area contributed by atoms with Gasteiger partial charge in [0.2, 0.25) is 5.91 Å². The van der Waals surface area contributed by atoms with Crippen LogP contribution >= 0.6 is 8.53 Å². The van der Waals surface area contributed by atoms with Crippen LogP contribution in [0.1, 0.15) is 89.1 Å². The van der Waals surface area contributed by atoms with Gasteiger partial charge in [0, 0.05) is 96.2 Å². The quantitative estimate of drug-likeness (QED) is 0.0211. The van der Waals surface area contributed by atoms with Crippen LogP contribution in [0.25, 0.3) is 0 Å². The zero-order valence-electron chi connectivity index (χ0n) is 53.3. The second-order valence-electron chi connectivity index (χ2n) is 22.5. The number of hydrogen-bond donors (Lipinski definition) is 1. The van der Waals surface area contributed by atoms with Crippen molar-refractivity contribution in [3.05, 3.63) is 129 Å².